The molecule has 5 heteroatoms. The third-order valence-electron chi connectivity index (χ3n) is 7.62. The third kappa shape index (κ3) is 7.71. The van der Waals surface area contributed by atoms with Crippen molar-refractivity contribution in [1.29, 1.82) is 0 Å². The van der Waals surface area contributed by atoms with E-state index in [4.69, 9.17) is 4.74 Å². The number of rotatable bonds is 12. The SMILES string of the molecule is O=C(COc1cccc2ccccc12)N1CCC(CNCCCCNCC2CCCCC2)CC1. The van der Waals surface area contributed by atoms with Gasteiger partial charge in [-0.15, -0.1) is 0 Å². The zero-order valence-corrected chi connectivity index (χ0v) is 20.8. The lowest BCUT2D eigenvalue weighted by Gasteiger charge is -2.32. The molecule has 2 fully saturated rings. The number of hydrogen-bond acceptors (Lipinski definition) is 4. The van der Waals surface area contributed by atoms with Crippen LogP contribution in [0.4, 0.5) is 0 Å². The van der Waals surface area contributed by atoms with E-state index < -0.39 is 0 Å². The predicted octanol–water partition coefficient (Wildman–Crippen LogP) is 5.00. The molecule has 1 saturated carbocycles. The summed E-state index contributed by atoms with van der Waals surface area (Å²) in [6.45, 7) is 6.35. The van der Waals surface area contributed by atoms with Gasteiger partial charge in [-0.2, -0.15) is 0 Å². The van der Waals surface area contributed by atoms with E-state index in [2.05, 4.69) is 22.8 Å². The van der Waals surface area contributed by atoms with Crippen molar-refractivity contribution in [2.45, 2.75) is 57.8 Å². The molecular weight excluding hydrogens is 422 g/mol. The van der Waals surface area contributed by atoms with Crippen molar-refractivity contribution in [3.63, 3.8) is 0 Å². The van der Waals surface area contributed by atoms with Crippen molar-refractivity contribution >= 4 is 16.7 Å². The number of piperidine rings is 1. The van der Waals surface area contributed by atoms with Crippen molar-refractivity contribution in [3.05, 3.63) is 42.5 Å². The van der Waals surface area contributed by atoms with Crippen LogP contribution in [0.3, 0.4) is 0 Å². The molecule has 1 aliphatic carbocycles. The van der Waals surface area contributed by atoms with Crippen LogP contribution in [0, 0.1) is 11.8 Å². The van der Waals surface area contributed by atoms with Gasteiger partial charge in [0, 0.05) is 18.5 Å². The smallest absolute Gasteiger partial charge is 0.260 e. The van der Waals surface area contributed by atoms with E-state index in [1.165, 1.54) is 51.5 Å². The number of nitrogens with one attached hydrogen (secondary N) is 2. The third-order valence-corrected chi connectivity index (χ3v) is 7.62. The van der Waals surface area contributed by atoms with Crippen molar-refractivity contribution in [2.75, 3.05) is 45.9 Å². The van der Waals surface area contributed by atoms with Gasteiger partial charge in [0.1, 0.15) is 5.75 Å². The Morgan fingerprint density at radius 2 is 1.47 bits per heavy atom. The van der Waals surface area contributed by atoms with Crippen LogP contribution in [0.5, 0.6) is 5.75 Å². The van der Waals surface area contributed by atoms with Gasteiger partial charge in [0.05, 0.1) is 0 Å². The first-order valence-corrected chi connectivity index (χ1v) is 13.6. The maximum Gasteiger partial charge on any atom is 0.260 e. The van der Waals surface area contributed by atoms with Gasteiger partial charge in [0.2, 0.25) is 0 Å². The fourth-order valence-electron chi connectivity index (χ4n) is 5.44. The van der Waals surface area contributed by atoms with Crippen LogP contribution in [-0.4, -0.2) is 56.7 Å². The van der Waals surface area contributed by atoms with Crippen LogP contribution < -0.4 is 15.4 Å². The highest BCUT2D eigenvalue weighted by molar-refractivity contribution is 5.88. The summed E-state index contributed by atoms with van der Waals surface area (Å²) in [5, 5.41) is 9.51. The van der Waals surface area contributed by atoms with Gasteiger partial charge in [-0.3, -0.25) is 4.79 Å². The molecule has 2 N–H and O–H groups in total. The average molecular weight is 466 g/mol. The molecule has 0 atom stereocenters. The van der Waals surface area contributed by atoms with Crippen LogP contribution >= 0.6 is 0 Å². The zero-order chi connectivity index (χ0) is 23.4. The van der Waals surface area contributed by atoms with Crippen molar-refractivity contribution in [3.8, 4) is 5.75 Å². The van der Waals surface area contributed by atoms with Crippen LogP contribution in [-0.2, 0) is 4.79 Å². The first-order chi connectivity index (χ1) is 16.8. The van der Waals surface area contributed by atoms with Crippen LogP contribution in [0.2, 0.25) is 0 Å². The fourth-order valence-corrected chi connectivity index (χ4v) is 5.44. The second-order valence-corrected chi connectivity index (χ2v) is 10.2. The van der Waals surface area contributed by atoms with Gasteiger partial charge in [0.25, 0.3) is 5.91 Å². The van der Waals surface area contributed by atoms with Crippen LogP contribution in [0.15, 0.2) is 42.5 Å². The molecule has 1 aliphatic heterocycles. The van der Waals surface area contributed by atoms with Crippen molar-refractivity contribution < 1.29 is 9.53 Å². The summed E-state index contributed by atoms with van der Waals surface area (Å²) in [5.74, 6) is 2.48. The van der Waals surface area contributed by atoms with E-state index in [1.54, 1.807) is 0 Å². The number of amides is 1. The molecule has 186 valence electrons. The van der Waals surface area contributed by atoms with Gasteiger partial charge < -0.3 is 20.3 Å². The highest BCUT2D eigenvalue weighted by atomic mass is 16.5. The standard InChI is InChI=1S/C29H43N3O2/c33-29(23-34-28-14-8-12-26-11-4-5-13-27(26)28)32-19-15-25(16-20-32)22-31-18-7-6-17-30-21-24-9-2-1-3-10-24/h4-5,8,11-14,24-25,30-31H,1-3,6-7,9-10,15-23H2. The Hall–Kier alpha value is -2.11. The lowest BCUT2D eigenvalue weighted by atomic mass is 9.89. The first kappa shape index (κ1) is 25.0. The van der Waals surface area contributed by atoms with E-state index in [9.17, 15) is 4.79 Å². The molecule has 0 aromatic heterocycles. The van der Waals surface area contributed by atoms with E-state index in [0.717, 1.165) is 68.0 Å². The lowest BCUT2D eigenvalue weighted by molar-refractivity contribution is -0.134. The number of ether oxygens (including phenoxy) is 1. The summed E-state index contributed by atoms with van der Waals surface area (Å²) in [6, 6.07) is 14.1. The second kappa shape index (κ2) is 13.7. The highest BCUT2D eigenvalue weighted by Gasteiger charge is 2.23. The van der Waals surface area contributed by atoms with Gasteiger partial charge in [-0.1, -0.05) is 55.7 Å². The zero-order valence-electron chi connectivity index (χ0n) is 20.8. The number of carbonyl (C=O) groups excluding carboxylic acids is 1. The predicted molar refractivity (Wildman–Crippen MR) is 140 cm³/mol. The quantitative estimate of drug-likeness (QED) is 0.433. The number of unbranched alkanes of at least 4 members (excludes halogenated alkanes) is 1. The molecule has 4 rings (SSSR count). The van der Waals surface area contributed by atoms with Crippen LogP contribution in [0.25, 0.3) is 10.8 Å². The first-order valence-electron chi connectivity index (χ1n) is 13.6. The van der Waals surface area contributed by atoms with E-state index in [1.807, 2.05) is 35.2 Å². The highest BCUT2D eigenvalue weighted by Crippen LogP contribution is 2.25. The largest absolute Gasteiger partial charge is 0.483 e. The number of benzene rings is 2. The summed E-state index contributed by atoms with van der Waals surface area (Å²) in [5.41, 5.74) is 0. The van der Waals surface area contributed by atoms with Gasteiger partial charge in [0.15, 0.2) is 6.61 Å². The lowest BCUT2D eigenvalue weighted by Crippen LogP contribution is -2.42. The molecule has 2 aliphatic rings. The molecular formula is C29H43N3O2. The Kier molecular flexibility index (Phi) is 10.1. The van der Waals surface area contributed by atoms with E-state index >= 15 is 0 Å². The van der Waals surface area contributed by atoms with E-state index in [-0.39, 0.29) is 12.5 Å². The second-order valence-electron chi connectivity index (χ2n) is 10.2. The Labute approximate surface area is 205 Å². The molecule has 1 saturated heterocycles. The van der Waals surface area contributed by atoms with Crippen molar-refractivity contribution in [1.82, 2.24) is 15.5 Å². The fraction of sp³-hybridized carbons (Fsp3) is 0.621. The van der Waals surface area contributed by atoms with Crippen molar-refractivity contribution in [2.24, 2.45) is 11.8 Å². The molecule has 5 nitrogen and oxygen atoms in total. The molecule has 34 heavy (non-hydrogen) atoms. The summed E-state index contributed by atoms with van der Waals surface area (Å²) >= 11 is 0. The maximum absolute atomic E-state index is 12.7. The Morgan fingerprint density at radius 3 is 2.21 bits per heavy atom. The molecule has 0 spiro atoms. The normalized spacial score (nSPS) is 17.8. The Balaban J connectivity index is 1.03. The van der Waals surface area contributed by atoms with E-state index in [0.29, 0.717) is 5.92 Å². The summed E-state index contributed by atoms with van der Waals surface area (Å²) in [7, 11) is 0. The molecule has 0 unspecified atom stereocenters. The molecule has 0 bridgehead atoms. The maximum atomic E-state index is 12.7. The van der Waals surface area contributed by atoms with Gasteiger partial charge in [-0.25, -0.2) is 0 Å². The van der Waals surface area contributed by atoms with Gasteiger partial charge in [-0.05, 0) is 88.0 Å². The number of hydrogen-bond donors (Lipinski definition) is 2. The minimum Gasteiger partial charge on any atom is -0.483 e. The average Bonchev–Trinajstić information content (AvgIpc) is 2.89. The summed E-state index contributed by atoms with van der Waals surface area (Å²) in [4.78, 5) is 14.7. The molecule has 1 amide bonds. The minimum atomic E-state index is 0.0973. The topological polar surface area (TPSA) is 53.6 Å². The Morgan fingerprint density at radius 1 is 0.824 bits per heavy atom. The Bertz CT molecular complexity index is 867. The van der Waals surface area contributed by atoms with Gasteiger partial charge >= 0.3 is 0 Å². The number of fused-ring (bicyclic) bond motifs is 1. The van der Waals surface area contributed by atoms with Crippen LogP contribution in [0.1, 0.15) is 57.8 Å². The number of carbonyl (C=O) groups is 1. The molecule has 1 heterocycles. The monoisotopic (exact) mass is 465 g/mol. The number of nitrogens with zero attached hydrogens (tertiary/aromatic N) is 1. The molecule has 2 aromatic rings. The summed E-state index contributed by atoms with van der Waals surface area (Å²) in [6.07, 6.45) is 11.8. The molecule has 2 aromatic carbocycles. The molecule has 0 radical (unpaired) electrons. The summed E-state index contributed by atoms with van der Waals surface area (Å²) < 4.78 is 5.91. The minimum absolute atomic E-state index is 0.0973. The number of likely N-dealkylation sites (tertiary alicyclic amines) is 1.